The van der Waals surface area contributed by atoms with Gasteiger partial charge < -0.3 is 15.4 Å². The highest BCUT2D eigenvalue weighted by Gasteiger charge is 2.21. The maximum Gasteiger partial charge on any atom is 0.106 e. The molecule has 0 radical (unpaired) electrons. The molecule has 4 heteroatoms. The van der Waals surface area contributed by atoms with Gasteiger partial charge in [0, 0.05) is 31.5 Å². The minimum atomic E-state index is 0.472. The lowest BCUT2D eigenvalue weighted by molar-refractivity contribution is 0.143. The minimum absolute atomic E-state index is 0.472. The van der Waals surface area contributed by atoms with Crippen LogP contribution in [0.2, 0.25) is 0 Å². The van der Waals surface area contributed by atoms with Gasteiger partial charge in [-0.05, 0) is 30.9 Å². The van der Waals surface area contributed by atoms with Crippen molar-refractivity contribution in [2.75, 3.05) is 31.7 Å². The third kappa shape index (κ3) is 3.00. The Balaban J connectivity index is 2.18. The summed E-state index contributed by atoms with van der Waals surface area (Å²) in [6.45, 7) is 2.92. The summed E-state index contributed by atoms with van der Waals surface area (Å²) in [5, 5.41) is 0. The molecule has 1 atom stereocenters. The Hall–Kier alpha value is -1.13. The molecule has 1 aliphatic rings. The number of hydrogen-bond donors (Lipinski definition) is 1. The number of thiocarbonyl (C=S) groups is 1. The molecule has 1 heterocycles. The molecule has 18 heavy (non-hydrogen) atoms. The molecule has 3 nitrogen and oxygen atoms in total. The Morgan fingerprint density at radius 2 is 2.28 bits per heavy atom. The number of hydrogen-bond acceptors (Lipinski definition) is 3. The van der Waals surface area contributed by atoms with Gasteiger partial charge in [0.25, 0.3) is 0 Å². The monoisotopic (exact) mass is 264 g/mol. The fourth-order valence-electron chi connectivity index (χ4n) is 2.61. The van der Waals surface area contributed by atoms with Gasteiger partial charge in [-0.15, -0.1) is 0 Å². The van der Waals surface area contributed by atoms with Crippen molar-refractivity contribution in [1.82, 2.24) is 0 Å². The fourth-order valence-corrected chi connectivity index (χ4v) is 2.79. The summed E-state index contributed by atoms with van der Waals surface area (Å²) in [4.78, 5) is 2.85. The first-order chi connectivity index (χ1) is 8.72. The number of nitrogens with zero attached hydrogens (tertiary/aromatic N) is 1. The van der Waals surface area contributed by atoms with Crippen molar-refractivity contribution in [3.8, 4) is 0 Å². The number of benzene rings is 1. The van der Waals surface area contributed by atoms with E-state index in [1.807, 2.05) is 18.2 Å². The molecular weight excluding hydrogens is 244 g/mol. The van der Waals surface area contributed by atoms with E-state index in [0.717, 1.165) is 30.9 Å². The van der Waals surface area contributed by atoms with Gasteiger partial charge >= 0.3 is 0 Å². The molecule has 1 aromatic rings. The third-order valence-electron chi connectivity index (χ3n) is 3.43. The van der Waals surface area contributed by atoms with Crippen LogP contribution >= 0.6 is 12.2 Å². The minimum Gasteiger partial charge on any atom is -0.389 e. The van der Waals surface area contributed by atoms with Crippen LogP contribution in [-0.4, -0.2) is 31.8 Å². The van der Waals surface area contributed by atoms with Crippen molar-refractivity contribution in [3.63, 3.8) is 0 Å². The van der Waals surface area contributed by atoms with Gasteiger partial charge in [-0.2, -0.15) is 0 Å². The van der Waals surface area contributed by atoms with Crippen LogP contribution in [-0.2, 0) is 4.74 Å². The molecule has 1 saturated heterocycles. The van der Waals surface area contributed by atoms with Gasteiger partial charge in [0.05, 0.1) is 6.61 Å². The van der Waals surface area contributed by atoms with Crippen LogP contribution in [0.4, 0.5) is 5.69 Å². The van der Waals surface area contributed by atoms with Crippen molar-refractivity contribution in [3.05, 3.63) is 29.8 Å². The smallest absolute Gasteiger partial charge is 0.106 e. The maximum absolute atomic E-state index is 5.79. The van der Waals surface area contributed by atoms with E-state index in [2.05, 4.69) is 11.0 Å². The normalized spacial score (nSPS) is 19.8. The number of piperidine rings is 1. The predicted octanol–water partition coefficient (Wildman–Crippen LogP) is 2.18. The maximum atomic E-state index is 5.79. The second kappa shape index (κ2) is 6.16. The van der Waals surface area contributed by atoms with Crippen LogP contribution < -0.4 is 10.6 Å². The quantitative estimate of drug-likeness (QED) is 0.846. The zero-order valence-electron chi connectivity index (χ0n) is 10.8. The standard InChI is InChI=1S/C14H20N2OS/c1-17-10-11-5-4-8-16(9-11)13-7-3-2-6-12(13)14(15)18/h2-3,6-7,11H,4-5,8-10H2,1H3,(H2,15,18). The van der Waals surface area contributed by atoms with E-state index in [0.29, 0.717) is 10.9 Å². The van der Waals surface area contributed by atoms with Crippen LogP contribution in [0, 0.1) is 5.92 Å². The summed E-state index contributed by atoms with van der Waals surface area (Å²) in [6.07, 6.45) is 2.43. The SMILES string of the molecule is COCC1CCCN(c2ccccc2C(N)=S)C1. The molecule has 0 aliphatic carbocycles. The molecule has 98 valence electrons. The zero-order valence-corrected chi connectivity index (χ0v) is 11.6. The Labute approximate surface area is 114 Å². The van der Waals surface area contributed by atoms with Gasteiger partial charge in [0.2, 0.25) is 0 Å². The first-order valence-electron chi connectivity index (χ1n) is 6.35. The fraction of sp³-hybridized carbons (Fsp3) is 0.500. The number of ether oxygens (including phenoxy) is 1. The Morgan fingerprint density at radius 1 is 1.50 bits per heavy atom. The van der Waals surface area contributed by atoms with E-state index < -0.39 is 0 Å². The number of para-hydroxylation sites is 1. The van der Waals surface area contributed by atoms with Crippen molar-refractivity contribution in [2.24, 2.45) is 11.7 Å². The van der Waals surface area contributed by atoms with E-state index >= 15 is 0 Å². The third-order valence-corrected chi connectivity index (χ3v) is 3.65. The molecule has 1 unspecified atom stereocenters. The second-order valence-electron chi connectivity index (χ2n) is 4.79. The number of rotatable bonds is 4. The average molecular weight is 264 g/mol. The Morgan fingerprint density at radius 3 is 3.00 bits per heavy atom. The average Bonchev–Trinajstić information content (AvgIpc) is 2.39. The van der Waals surface area contributed by atoms with Crippen molar-refractivity contribution in [2.45, 2.75) is 12.8 Å². The largest absolute Gasteiger partial charge is 0.389 e. The summed E-state index contributed by atoms with van der Waals surface area (Å²) in [5.74, 6) is 0.600. The lowest BCUT2D eigenvalue weighted by atomic mass is 9.97. The van der Waals surface area contributed by atoms with E-state index in [4.69, 9.17) is 22.7 Å². The highest BCUT2D eigenvalue weighted by Crippen LogP contribution is 2.26. The summed E-state index contributed by atoms with van der Waals surface area (Å²) in [7, 11) is 1.77. The molecule has 2 N–H and O–H groups in total. The predicted molar refractivity (Wildman–Crippen MR) is 79.1 cm³/mol. The van der Waals surface area contributed by atoms with Crippen LogP contribution in [0.5, 0.6) is 0 Å². The highest BCUT2D eigenvalue weighted by molar-refractivity contribution is 7.80. The van der Waals surface area contributed by atoms with Gasteiger partial charge in [0.15, 0.2) is 0 Å². The topological polar surface area (TPSA) is 38.5 Å². The lowest BCUT2D eigenvalue weighted by Crippen LogP contribution is -2.38. The van der Waals surface area contributed by atoms with E-state index in [1.54, 1.807) is 7.11 Å². The first-order valence-corrected chi connectivity index (χ1v) is 6.76. The molecule has 0 aromatic heterocycles. The van der Waals surface area contributed by atoms with Crippen molar-refractivity contribution in [1.29, 1.82) is 0 Å². The summed E-state index contributed by atoms with van der Waals surface area (Å²) in [6, 6.07) is 8.12. The van der Waals surface area contributed by atoms with Crippen molar-refractivity contribution >= 4 is 22.9 Å². The lowest BCUT2D eigenvalue weighted by Gasteiger charge is -2.35. The van der Waals surface area contributed by atoms with Gasteiger partial charge in [-0.3, -0.25) is 0 Å². The van der Waals surface area contributed by atoms with Crippen LogP contribution in [0.3, 0.4) is 0 Å². The van der Waals surface area contributed by atoms with Gasteiger partial charge in [-0.1, -0.05) is 24.4 Å². The van der Waals surface area contributed by atoms with Gasteiger partial charge in [-0.25, -0.2) is 0 Å². The first kappa shape index (κ1) is 13.3. The highest BCUT2D eigenvalue weighted by atomic mass is 32.1. The molecule has 0 saturated carbocycles. The van der Waals surface area contributed by atoms with Crippen LogP contribution in [0.1, 0.15) is 18.4 Å². The molecule has 0 spiro atoms. The van der Waals surface area contributed by atoms with Crippen LogP contribution in [0.15, 0.2) is 24.3 Å². The zero-order chi connectivity index (χ0) is 13.0. The van der Waals surface area contributed by atoms with E-state index in [-0.39, 0.29) is 0 Å². The Bertz CT molecular complexity index is 420. The van der Waals surface area contributed by atoms with Gasteiger partial charge in [0.1, 0.15) is 4.99 Å². The number of methoxy groups -OCH3 is 1. The molecule has 0 amide bonds. The molecule has 2 rings (SSSR count). The Kier molecular flexibility index (Phi) is 4.55. The summed E-state index contributed by atoms with van der Waals surface area (Å²) < 4.78 is 5.27. The molecule has 1 aliphatic heterocycles. The molecular formula is C14H20N2OS. The summed E-state index contributed by atoms with van der Waals surface area (Å²) >= 11 is 5.13. The molecule has 0 bridgehead atoms. The number of anilines is 1. The molecule has 1 aromatic carbocycles. The molecule has 1 fully saturated rings. The summed E-state index contributed by atoms with van der Waals surface area (Å²) in [5.41, 5.74) is 7.93. The van der Waals surface area contributed by atoms with E-state index in [1.165, 1.54) is 12.8 Å². The number of nitrogens with two attached hydrogens (primary N) is 1. The van der Waals surface area contributed by atoms with Crippen molar-refractivity contribution < 1.29 is 4.74 Å². The van der Waals surface area contributed by atoms with Crippen LogP contribution in [0.25, 0.3) is 0 Å². The second-order valence-corrected chi connectivity index (χ2v) is 5.23. The van der Waals surface area contributed by atoms with E-state index in [9.17, 15) is 0 Å².